The number of pyridine rings is 2. The van der Waals surface area contributed by atoms with Gasteiger partial charge in [0.2, 0.25) is 25.9 Å². The lowest BCUT2D eigenvalue weighted by Gasteiger charge is -2.35. The molecule has 0 bridgehead atoms. The lowest BCUT2D eigenvalue weighted by atomic mass is 10.1. The van der Waals surface area contributed by atoms with Crippen LogP contribution in [0.2, 0.25) is 5.15 Å². The highest BCUT2D eigenvalue weighted by molar-refractivity contribution is 7.89. The zero-order valence-corrected chi connectivity index (χ0v) is 47.9. The molecule has 80 heavy (non-hydrogen) atoms. The average molecular weight is 1210 g/mol. The molecule has 4 fully saturated rings. The van der Waals surface area contributed by atoms with E-state index in [9.17, 15) is 58.0 Å². The van der Waals surface area contributed by atoms with E-state index < -0.39 is 62.2 Å². The van der Waals surface area contributed by atoms with Gasteiger partial charge in [0.15, 0.2) is 0 Å². The third kappa shape index (κ3) is 21.7. The standard InChI is InChI=1S/C23H34FN5O6S.C14H19ClN4O3S.C9H16FNO3.C2HF3O2/c1-23(2,3)35-21(30)26-14-17(13-24)16-34-20-6-5-19(15-25-20)36(32,33)28-9-7-18(8-10-28)29-12-11-27(4)22(29)31;1-17-8-9-19(14(17)20)11-4-6-18(7-5-11)23(21,22)12-2-3-13(15)16-10-12;1-9(2,3)14-8(13)11-5-7(4-10)6-12;3-2(4,5)1(6)7/h5-6,13,15,18H,7-12,14,16H2,1-4H3,(H,26,30);2-3,10-11H,4-9H2,1H3;4,12H,5-6H2,1-3H3,(H,11,13);(H,6,7). The number of aliphatic hydroxyl groups excluding tert-OH is 1. The molecule has 0 spiro atoms. The van der Waals surface area contributed by atoms with Crippen LogP contribution in [-0.4, -0.2) is 218 Å². The average Bonchev–Trinajstić information content (AvgIpc) is 3.91. The van der Waals surface area contributed by atoms with E-state index in [0.29, 0.717) is 77.8 Å². The van der Waals surface area contributed by atoms with E-state index >= 15 is 0 Å². The highest BCUT2D eigenvalue weighted by Gasteiger charge is 2.40. The summed E-state index contributed by atoms with van der Waals surface area (Å²) in [5.74, 6) is -2.64. The second-order valence-corrected chi connectivity index (χ2v) is 24.5. The van der Waals surface area contributed by atoms with Crippen molar-refractivity contribution < 1.29 is 87.2 Å². The predicted molar refractivity (Wildman–Crippen MR) is 280 cm³/mol. The number of carbonyl (C=O) groups excluding carboxylic acids is 4. The number of ether oxygens (including phenoxy) is 3. The minimum absolute atomic E-state index is 0.0116. The summed E-state index contributed by atoms with van der Waals surface area (Å²) in [6.45, 7) is 13.8. The fourth-order valence-corrected chi connectivity index (χ4v) is 10.6. The summed E-state index contributed by atoms with van der Waals surface area (Å²) >= 11 is 5.70. The summed E-state index contributed by atoms with van der Waals surface area (Å²) in [7, 11) is -3.75. The number of alkyl carbamates (subject to hydrolysis) is 2. The number of piperidine rings is 2. The third-order valence-corrected chi connectivity index (χ3v) is 15.8. The molecule has 24 nitrogen and oxygen atoms in total. The van der Waals surface area contributed by atoms with Crippen LogP contribution in [-0.2, 0) is 34.3 Å². The number of carboxylic acids is 1. The number of rotatable bonds is 14. The van der Waals surface area contributed by atoms with Crippen molar-refractivity contribution in [2.24, 2.45) is 0 Å². The van der Waals surface area contributed by atoms with Crippen molar-refractivity contribution >= 4 is 61.9 Å². The van der Waals surface area contributed by atoms with Crippen molar-refractivity contribution in [3.63, 3.8) is 0 Å². The van der Waals surface area contributed by atoms with E-state index in [-0.39, 0.29) is 82.1 Å². The van der Waals surface area contributed by atoms with Crippen LogP contribution in [0.3, 0.4) is 0 Å². The Morgan fingerprint density at radius 1 is 0.675 bits per heavy atom. The molecule has 0 radical (unpaired) electrons. The van der Waals surface area contributed by atoms with Crippen LogP contribution >= 0.6 is 11.6 Å². The summed E-state index contributed by atoms with van der Waals surface area (Å²) in [4.78, 5) is 71.0. The van der Waals surface area contributed by atoms with Gasteiger partial charge in [0.1, 0.15) is 32.8 Å². The van der Waals surface area contributed by atoms with Gasteiger partial charge in [-0.15, -0.1) is 0 Å². The topological polar surface area (TPSA) is 291 Å². The van der Waals surface area contributed by atoms with Gasteiger partial charge in [-0.05, 0) is 85.4 Å². The molecule has 0 unspecified atom stereocenters. The zero-order valence-electron chi connectivity index (χ0n) is 45.5. The molecule has 0 saturated carbocycles. The minimum Gasteiger partial charge on any atom is -0.475 e. The molecule has 32 heteroatoms. The second kappa shape index (κ2) is 30.1. The van der Waals surface area contributed by atoms with E-state index in [4.69, 9.17) is 40.8 Å². The van der Waals surface area contributed by atoms with Crippen molar-refractivity contribution in [3.05, 3.63) is 65.6 Å². The molecule has 0 atom stereocenters. The van der Waals surface area contributed by atoms with E-state index in [2.05, 4.69) is 20.6 Å². The first kappa shape index (κ1) is 68.1. The number of carboxylic acid groups (broad SMARTS) is 1. The Hall–Kier alpha value is -6.15. The maximum absolute atomic E-state index is 13.2. The monoisotopic (exact) mass is 1200 g/mol. The van der Waals surface area contributed by atoms with E-state index in [1.165, 1.54) is 45.3 Å². The van der Waals surface area contributed by atoms with Gasteiger partial charge >= 0.3 is 36.4 Å². The smallest absolute Gasteiger partial charge is 0.475 e. The highest BCUT2D eigenvalue weighted by Crippen LogP contribution is 2.28. The van der Waals surface area contributed by atoms with Gasteiger partial charge in [-0.1, -0.05) is 11.6 Å². The van der Waals surface area contributed by atoms with E-state index in [1.807, 2.05) is 9.80 Å². The van der Waals surface area contributed by atoms with Crippen molar-refractivity contribution in [1.29, 1.82) is 0 Å². The fourth-order valence-electron chi connectivity index (χ4n) is 7.64. The first-order chi connectivity index (χ1) is 37.1. The maximum atomic E-state index is 13.2. The molecule has 450 valence electrons. The van der Waals surface area contributed by atoms with Crippen LogP contribution in [0.15, 0.2) is 70.3 Å². The molecule has 6 rings (SSSR count). The summed E-state index contributed by atoms with van der Waals surface area (Å²) < 4.78 is 126. The van der Waals surface area contributed by atoms with Crippen LogP contribution < -0.4 is 15.4 Å². The van der Waals surface area contributed by atoms with Crippen LogP contribution in [0, 0.1) is 0 Å². The normalized spacial score (nSPS) is 17.6. The Morgan fingerprint density at radius 2 is 1.06 bits per heavy atom. The summed E-state index contributed by atoms with van der Waals surface area (Å²) in [6.07, 6.45) is -0.879. The number of hydrogen-bond donors (Lipinski definition) is 4. The van der Waals surface area contributed by atoms with Gasteiger partial charge in [-0.3, -0.25) is 0 Å². The van der Waals surface area contributed by atoms with Gasteiger partial charge in [-0.2, -0.15) is 21.8 Å². The molecule has 2 aromatic rings. The molecular formula is C48H70ClF5N10O14S2. The molecule has 0 aliphatic carbocycles. The van der Waals surface area contributed by atoms with Crippen molar-refractivity contribution in [2.45, 2.75) is 106 Å². The Bertz CT molecular complexity index is 2680. The predicted octanol–water partition coefficient (Wildman–Crippen LogP) is 5.60. The lowest BCUT2D eigenvalue weighted by molar-refractivity contribution is -0.192. The number of urea groups is 2. The van der Waals surface area contributed by atoms with E-state index in [1.54, 1.807) is 65.4 Å². The summed E-state index contributed by atoms with van der Waals surface area (Å²) in [5.41, 5.74) is -1.02. The van der Waals surface area contributed by atoms with Gasteiger partial charge in [0, 0.05) is 115 Å². The largest absolute Gasteiger partial charge is 0.490 e. The van der Waals surface area contributed by atoms with Crippen LogP contribution in [0.1, 0.15) is 67.2 Å². The zero-order chi connectivity index (χ0) is 60.4. The number of alkyl halides is 3. The fraction of sp³-hybridized carbons (Fsp3) is 0.604. The SMILES string of the molecule is CC(C)(C)OC(=O)NCC(=CF)CO.CN1CCN(C2CCN(S(=O)(=O)c3ccc(Cl)nc3)CC2)C1=O.CN1CCN(C2CCN(S(=O)(=O)c3ccc(OCC(=CF)CNC(=O)OC(C)(C)C)nc3)CC2)C1=O.O=C(O)C(F)(F)F. The number of halogens is 6. The third-order valence-electron chi connectivity index (χ3n) is 11.8. The number of likely N-dealkylation sites (N-methyl/N-ethyl adjacent to an activating group) is 2. The first-order valence-electron chi connectivity index (χ1n) is 24.8. The molecule has 6 amide bonds. The molecule has 4 saturated heterocycles. The first-order valence-corrected chi connectivity index (χ1v) is 28.0. The number of nitrogens with zero attached hydrogens (tertiary/aromatic N) is 8. The molecular weight excluding hydrogens is 1140 g/mol. The summed E-state index contributed by atoms with van der Waals surface area (Å²) in [6, 6.07) is 5.90. The number of amides is 6. The number of sulfonamides is 2. The minimum atomic E-state index is -5.08. The molecule has 2 aromatic heterocycles. The summed E-state index contributed by atoms with van der Waals surface area (Å²) in [5, 5.41) is 20.7. The quantitative estimate of drug-likeness (QED) is 0.132. The number of aromatic nitrogens is 2. The number of aliphatic carboxylic acids is 1. The molecule has 4 N–H and O–H groups in total. The van der Waals surface area contributed by atoms with Crippen molar-refractivity contribution in [2.75, 3.05) is 92.8 Å². The maximum Gasteiger partial charge on any atom is 0.490 e. The number of aliphatic hydroxyl groups is 1. The Kier molecular flexibility index (Phi) is 25.6. The van der Waals surface area contributed by atoms with Crippen molar-refractivity contribution in [1.82, 2.24) is 48.8 Å². The second-order valence-electron chi connectivity index (χ2n) is 20.2. The van der Waals surface area contributed by atoms with Gasteiger partial charge in [-0.25, -0.2) is 59.6 Å². The van der Waals surface area contributed by atoms with E-state index in [0.717, 1.165) is 6.54 Å². The molecule has 6 heterocycles. The van der Waals surface area contributed by atoms with Crippen molar-refractivity contribution in [3.8, 4) is 5.88 Å². The van der Waals surface area contributed by atoms with Gasteiger partial charge in [0.25, 0.3) is 0 Å². The molecule has 4 aliphatic rings. The van der Waals surface area contributed by atoms with Crippen LogP contribution in [0.4, 0.5) is 41.1 Å². The van der Waals surface area contributed by atoms with Crippen LogP contribution in [0.25, 0.3) is 0 Å². The molecule has 0 aromatic carbocycles. The van der Waals surface area contributed by atoms with Gasteiger partial charge in [0.05, 0.1) is 25.5 Å². The van der Waals surface area contributed by atoms with Crippen LogP contribution in [0.5, 0.6) is 5.88 Å². The Morgan fingerprint density at radius 3 is 1.36 bits per heavy atom. The number of nitrogens with one attached hydrogen (secondary N) is 2. The molecule has 4 aliphatic heterocycles. The number of hydrogen-bond acceptors (Lipinski definition) is 15. The lowest BCUT2D eigenvalue weighted by Crippen LogP contribution is -2.47. The van der Waals surface area contributed by atoms with Gasteiger partial charge < -0.3 is 54.7 Å². The highest BCUT2D eigenvalue weighted by atomic mass is 35.5. The Balaban J connectivity index is 0.000000324. The number of carbonyl (C=O) groups is 5. The Labute approximate surface area is 466 Å².